The molecule has 0 aromatic heterocycles. The Bertz CT molecular complexity index is 448. The van der Waals surface area contributed by atoms with Gasteiger partial charge in [-0.2, -0.15) is 0 Å². The zero-order valence-corrected chi connectivity index (χ0v) is 10.6. The third kappa shape index (κ3) is 5.37. The molecule has 1 rings (SSSR count). The molecule has 4 nitrogen and oxygen atoms in total. The lowest BCUT2D eigenvalue weighted by Gasteiger charge is -2.20. The van der Waals surface area contributed by atoms with E-state index in [1.54, 1.807) is 12.1 Å². The molecule has 0 amide bonds. The van der Waals surface area contributed by atoms with Crippen molar-refractivity contribution in [1.82, 2.24) is 4.90 Å². The van der Waals surface area contributed by atoms with Gasteiger partial charge in [-0.25, -0.2) is 4.39 Å². The van der Waals surface area contributed by atoms with Crippen LogP contribution in [0.1, 0.15) is 11.1 Å². The second kappa shape index (κ2) is 8.62. The molecule has 0 saturated heterocycles. The van der Waals surface area contributed by atoms with Crippen molar-refractivity contribution in [1.29, 1.82) is 0 Å². The summed E-state index contributed by atoms with van der Waals surface area (Å²) in [4.78, 5) is 1.86. The Hall–Kier alpha value is -1.45. The van der Waals surface area contributed by atoms with E-state index in [-0.39, 0.29) is 25.4 Å². The van der Waals surface area contributed by atoms with E-state index >= 15 is 0 Å². The maximum Gasteiger partial charge on any atom is 0.138 e. The van der Waals surface area contributed by atoms with Crippen LogP contribution in [0, 0.1) is 17.7 Å². The highest BCUT2D eigenvalue weighted by molar-refractivity contribution is 5.38. The predicted molar refractivity (Wildman–Crippen MR) is 69.8 cm³/mol. The first-order valence-electron chi connectivity index (χ1n) is 6.03. The van der Waals surface area contributed by atoms with E-state index in [1.807, 2.05) is 4.90 Å². The standard InChI is InChI=1S/C14H18FNO3/c15-14-4-3-12(10-13(14)2-1-7-17)11-16(5-8-18)6-9-19/h3-4,10,17-19H,5-9,11H2. The largest absolute Gasteiger partial charge is 0.395 e. The number of aliphatic hydroxyl groups excluding tert-OH is 3. The van der Waals surface area contributed by atoms with Gasteiger partial charge in [-0.1, -0.05) is 17.9 Å². The van der Waals surface area contributed by atoms with Gasteiger partial charge in [0.2, 0.25) is 0 Å². The minimum absolute atomic E-state index is 0.00162. The molecule has 0 saturated carbocycles. The van der Waals surface area contributed by atoms with Crippen molar-refractivity contribution in [3.63, 3.8) is 0 Å². The molecule has 0 heterocycles. The zero-order chi connectivity index (χ0) is 14.1. The summed E-state index contributed by atoms with van der Waals surface area (Å²) in [5.74, 6) is 4.53. The van der Waals surface area contributed by atoms with Crippen molar-refractivity contribution in [3.8, 4) is 11.8 Å². The van der Waals surface area contributed by atoms with E-state index in [4.69, 9.17) is 15.3 Å². The van der Waals surface area contributed by atoms with E-state index in [0.717, 1.165) is 5.56 Å². The Morgan fingerprint density at radius 2 is 1.79 bits per heavy atom. The van der Waals surface area contributed by atoms with E-state index in [0.29, 0.717) is 19.6 Å². The molecular formula is C14H18FNO3. The van der Waals surface area contributed by atoms with E-state index in [1.165, 1.54) is 6.07 Å². The molecule has 0 bridgehead atoms. The molecular weight excluding hydrogens is 249 g/mol. The third-order valence-electron chi connectivity index (χ3n) is 2.57. The Balaban J connectivity index is 2.82. The molecule has 1 aromatic carbocycles. The van der Waals surface area contributed by atoms with Crippen LogP contribution in [0.2, 0.25) is 0 Å². The number of nitrogens with zero attached hydrogens (tertiary/aromatic N) is 1. The molecule has 0 spiro atoms. The van der Waals surface area contributed by atoms with Crippen LogP contribution in [-0.2, 0) is 6.54 Å². The average molecular weight is 267 g/mol. The van der Waals surface area contributed by atoms with Crippen LogP contribution in [-0.4, -0.2) is 53.1 Å². The van der Waals surface area contributed by atoms with Crippen LogP contribution in [0.25, 0.3) is 0 Å². The number of hydrogen-bond acceptors (Lipinski definition) is 4. The summed E-state index contributed by atoms with van der Waals surface area (Å²) in [6, 6.07) is 4.58. The van der Waals surface area contributed by atoms with Gasteiger partial charge in [-0.05, 0) is 17.7 Å². The van der Waals surface area contributed by atoms with Crippen molar-refractivity contribution in [2.24, 2.45) is 0 Å². The highest BCUT2D eigenvalue weighted by Gasteiger charge is 2.07. The molecule has 0 fully saturated rings. The van der Waals surface area contributed by atoms with E-state index in [2.05, 4.69) is 11.8 Å². The molecule has 3 N–H and O–H groups in total. The second-order valence-corrected chi connectivity index (χ2v) is 4.00. The van der Waals surface area contributed by atoms with Crippen LogP contribution in [0.5, 0.6) is 0 Å². The van der Waals surface area contributed by atoms with Gasteiger partial charge in [0.05, 0.1) is 18.8 Å². The van der Waals surface area contributed by atoms with Crippen molar-refractivity contribution in [3.05, 3.63) is 35.1 Å². The van der Waals surface area contributed by atoms with Crippen LogP contribution in [0.3, 0.4) is 0 Å². The molecule has 104 valence electrons. The monoisotopic (exact) mass is 267 g/mol. The zero-order valence-electron chi connectivity index (χ0n) is 10.6. The van der Waals surface area contributed by atoms with Crippen LogP contribution < -0.4 is 0 Å². The van der Waals surface area contributed by atoms with Crippen LogP contribution in [0.4, 0.5) is 4.39 Å². The molecule has 1 aromatic rings. The predicted octanol–water partition coefficient (Wildman–Crippen LogP) is -0.0439. The lowest BCUT2D eigenvalue weighted by Crippen LogP contribution is -2.29. The highest BCUT2D eigenvalue weighted by Crippen LogP contribution is 2.11. The summed E-state index contributed by atoms with van der Waals surface area (Å²) in [5, 5.41) is 26.5. The van der Waals surface area contributed by atoms with Crippen molar-refractivity contribution in [2.75, 3.05) is 32.9 Å². The molecule has 0 aliphatic carbocycles. The number of aliphatic hydroxyl groups is 3. The van der Waals surface area contributed by atoms with Gasteiger partial charge in [-0.3, -0.25) is 4.90 Å². The highest BCUT2D eigenvalue weighted by atomic mass is 19.1. The third-order valence-corrected chi connectivity index (χ3v) is 2.57. The van der Waals surface area contributed by atoms with E-state index < -0.39 is 5.82 Å². The summed E-state index contributed by atoms with van der Waals surface area (Å²) in [5.41, 5.74) is 1.07. The smallest absolute Gasteiger partial charge is 0.138 e. The Kier molecular flexibility index (Phi) is 7.08. The first-order valence-corrected chi connectivity index (χ1v) is 6.03. The number of halogens is 1. The number of benzene rings is 1. The summed E-state index contributed by atoms with van der Waals surface area (Å²) in [6.07, 6.45) is 0. The lowest BCUT2D eigenvalue weighted by atomic mass is 10.1. The van der Waals surface area contributed by atoms with Gasteiger partial charge in [-0.15, -0.1) is 0 Å². The SMILES string of the molecule is OCC#Cc1cc(CN(CCO)CCO)ccc1F. The first kappa shape index (κ1) is 15.6. The fourth-order valence-corrected chi connectivity index (χ4v) is 1.71. The molecule has 0 radical (unpaired) electrons. The summed E-state index contributed by atoms with van der Waals surface area (Å²) in [7, 11) is 0. The Labute approximate surface area is 112 Å². The minimum Gasteiger partial charge on any atom is -0.395 e. The quantitative estimate of drug-likeness (QED) is 0.633. The number of hydrogen-bond donors (Lipinski definition) is 3. The van der Waals surface area contributed by atoms with Crippen molar-refractivity contribution < 1.29 is 19.7 Å². The fraction of sp³-hybridized carbons (Fsp3) is 0.429. The second-order valence-electron chi connectivity index (χ2n) is 4.00. The van der Waals surface area contributed by atoms with Crippen LogP contribution in [0.15, 0.2) is 18.2 Å². The van der Waals surface area contributed by atoms with E-state index in [9.17, 15) is 4.39 Å². The van der Waals surface area contributed by atoms with Gasteiger partial charge in [0.1, 0.15) is 12.4 Å². The fourth-order valence-electron chi connectivity index (χ4n) is 1.71. The van der Waals surface area contributed by atoms with Gasteiger partial charge >= 0.3 is 0 Å². The maximum absolute atomic E-state index is 13.4. The van der Waals surface area contributed by atoms with Gasteiger partial charge < -0.3 is 15.3 Å². The molecule has 0 aliphatic rings. The average Bonchev–Trinajstić information content (AvgIpc) is 2.40. The summed E-state index contributed by atoms with van der Waals surface area (Å²) in [6.45, 7) is 1.06. The molecule has 5 heteroatoms. The molecule has 0 aliphatic heterocycles. The van der Waals surface area contributed by atoms with Gasteiger partial charge in [0.15, 0.2) is 0 Å². The Morgan fingerprint density at radius 1 is 1.11 bits per heavy atom. The van der Waals surface area contributed by atoms with Crippen molar-refractivity contribution >= 4 is 0 Å². The maximum atomic E-state index is 13.4. The molecule has 0 atom stereocenters. The van der Waals surface area contributed by atoms with Gasteiger partial charge in [0.25, 0.3) is 0 Å². The summed E-state index contributed by atoms with van der Waals surface area (Å²) >= 11 is 0. The first-order chi connectivity index (χ1) is 9.21. The van der Waals surface area contributed by atoms with Crippen molar-refractivity contribution in [2.45, 2.75) is 6.54 Å². The normalized spacial score (nSPS) is 10.4. The van der Waals surface area contributed by atoms with Crippen LogP contribution >= 0.6 is 0 Å². The molecule has 0 unspecified atom stereocenters. The minimum atomic E-state index is -0.430. The lowest BCUT2D eigenvalue weighted by molar-refractivity contribution is 0.156. The Morgan fingerprint density at radius 3 is 2.37 bits per heavy atom. The number of rotatable bonds is 6. The van der Waals surface area contributed by atoms with Gasteiger partial charge in [0, 0.05) is 19.6 Å². The summed E-state index contributed by atoms with van der Waals surface area (Å²) < 4.78 is 13.4. The molecule has 19 heavy (non-hydrogen) atoms. The topological polar surface area (TPSA) is 63.9 Å².